The van der Waals surface area contributed by atoms with Crippen molar-refractivity contribution in [1.29, 1.82) is 0 Å². The molecule has 0 radical (unpaired) electrons. The zero-order valence-corrected chi connectivity index (χ0v) is 17.6. The Labute approximate surface area is 165 Å². The molecule has 0 amide bonds. The molecule has 2 aromatic carbocycles. The topological polar surface area (TPSA) is 49.7 Å². The largest absolute Gasteiger partial charge is 0.480 e. The van der Waals surface area contributed by atoms with Gasteiger partial charge in [0.1, 0.15) is 0 Å². The summed E-state index contributed by atoms with van der Waals surface area (Å²) in [5, 5.41) is 20.3. The summed E-state index contributed by atoms with van der Waals surface area (Å²) >= 11 is 0. The van der Waals surface area contributed by atoms with Gasteiger partial charge in [-0.25, -0.2) is 0 Å². The first-order chi connectivity index (χ1) is 12.9. The first kappa shape index (κ1) is 21.6. The van der Waals surface area contributed by atoms with Gasteiger partial charge in [-0.3, -0.25) is 0 Å². The maximum atomic E-state index is 8.85. The molecule has 0 heterocycles. The van der Waals surface area contributed by atoms with Crippen molar-refractivity contribution in [2.24, 2.45) is 0 Å². The van der Waals surface area contributed by atoms with Crippen LogP contribution >= 0.6 is 0 Å². The summed E-state index contributed by atoms with van der Waals surface area (Å²) in [6.07, 6.45) is 4.53. The lowest BCUT2D eigenvalue weighted by atomic mass is 9.91. The minimum atomic E-state index is -2.43. The molecule has 144 valence electrons. The number of rotatable bonds is 9. The molecule has 2 aromatic rings. The van der Waals surface area contributed by atoms with E-state index in [1.54, 1.807) is 0 Å². The lowest BCUT2D eigenvalue weighted by molar-refractivity contribution is 0.289. The van der Waals surface area contributed by atoms with Gasteiger partial charge in [0.05, 0.1) is 0 Å². The molecule has 0 saturated carbocycles. The normalized spacial score (nSPS) is 12.5. The maximum Gasteiger partial charge on any atom is 0.480 e. The molecule has 2 rings (SSSR count). The van der Waals surface area contributed by atoms with Crippen molar-refractivity contribution in [3.05, 3.63) is 72.7 Å². The Morgan fingerprint density at radius 1 is 0.889 bits per heavy atom. The molecule has 5 heteroatoms. The van der Waals surface area contributed by atoms with E-state index in [1.165, 1.54) is 16.3 Å². The van der Waals surface area contributed by atoms with Crippen molar-refractivity contribution in [2.75, 3.05) is 6.61 Å². The van der Waals surface area contributed by atoms with E-state index in [0.29, 0.717) is 6.61 Å². The first-order valence-corrected chi connectivity index (χ1v) is 11.6. The van der Waals surface area contributed by atoms with E-state index in [9.17, 15) is 0 Å². The molecule has 0 aliphatic carbocycles. The zero-order valence-electron chi connectivity index (χ0n) is 16.6. The van der Waals surface area contributed by atoms with Crippen LogP contribution in [-0.2, 0) is 4.43 Å². The van der Waals surface area contributed by atoms with Crippen LogP contribution < -0.4 is 10.4 Å². The van der Waals surface area contributed by atoms with E-state index in [2.05, 4.69) is 81.4 Å². The second-order valence-electron chi connectivity index (χ2n) is 7.85. The van der Waals surface area contributed by atoms with Crippen LogP contribution in [0, 0.1) is 0 Å². The average Bonchev–Trinajstić information content (AvgIpc) is 2.64. The summed E-state index contributed by atoms with van der Waals surface area (Å²) in [5.74, 6) is 1.41. The van der Waals surface area contributed by atoms with Crippen molar-refractivity contribution >= 4 is 25.8 Å². The molecule has 0 fully saturated rings. The summed E-state index contributed by atoms with van der Waals surface area (Å²) in [6.45, 7) is 7.54. The third kappa shape index (κ3) is 5.66. The number of hydrogen-bond acceptors (Lipinski definition) is 3. The predicted molar refractivity (Wildman–Crippen MR) is 117 cm³/mol. The molecular formula is C22H31BO3Si. The van der Waals surface area contributed by atoms with Crippen molar-refractivity contribution in [3.63, 3.8) is 0 Å². The maximum absolute atomic E-state index is 8.85. The molecule has 0 unspecified atom stereocenters. The standard InChI is InChI=1S/C22H31BO3Si/c1-22(2,3)27(20-14-8-6-9-15-20,21-16-10-7-11-17-21)26-19-13-5-4-12-18-23(24)25/h6-12,14-18,24-25H,4-5,13,19H2,1-3H3/b18-12+. The highest BCUT2D eigenvalue weighted by molar-refractivity contribution is 6.99. The second kappa shape index (κ2) is 10.0. The molecule has 0 aliphatic rings. The fraction of sp³-hybridized carbons (Fsp3) is 0.364. The van der Waals surface area contributed by atoms with E-state index in [-0.39, 0.29) is 5.04 Å². The van der Waals surface area contributed by atoms with E-state index < -0.39 is 15.4 Å². The Morgan fingerprint density at radius 3 is 1.85 bits per heavy atom. The van der Waals surface area contributed by atoms with E-state index >= 15 is 0 Å². The van der Waals surface area contributed by atoms with Gasteiger partial charge in [-0.2, -0.15) is 0 Å². The highest BCUT2D eigenvalue weighted by Gasteiger charge is 2.49. The van der Waals surface area contributed by atoms with Crippen molar-refractivity contribution in [1.82, 2.24) is 0 Å². The van der Waals surface area contributed by atoms with E-state index in [4.69, 9.17) is 14.5 Å². The van der Waals surface area contributed by atoms with Crippen molar-refractivity contribution < 1.29 is 14.5 Å². The molecule has 0 bridgehead atoms. The van der Waals surface area contributed by atoms with Gasteiger partial charge in [0.2, 0.25) is 0 Å². The fourth-order valence-electron chi connectivity index (χ4n) is 3.57. The quantitative estimate of drug-likeness (QED) is 0.517. The van der Waals surface area contributed by atoms with Gasteiger partial charge in [0.25, 0.3) is 8.32 Å². The SMILES string of the molecule is CC(C)(C)[Si](OCCCC/C=C/B(O)O)(c1ccccc1)c1ccccc1. The van der Waals surface area contributed by atoms with Crippen LogP contribution in [0.2, 0.25) is 5.04 Å². The molecule has 0 saturated heterocycles. The minimum absolute atomic E-state index is 0.00337. The van der Waals surface area contributed by atoms with Gasteiger partial charge in [0, 0.05) is 6.61 Å². The number of unbranched alkanes of at least 4 members (excludes halogenated alkanes) is 2. The Balaban J connectivity index is 2.22. The summed E-state index contributed by atoms with van der Waals surface area (Å²) < 4.78 is 6.81. The summed E-state index contributed by atoms with van der Waals surface area (Å²) in [4.78, 5) is 0. The molecule has 0 atom stereocenters. The lowest BCUT2D eigenvalue weighted by Gasteiger charge is -2.43. The third-order valence-corrected chi connectivity index (χ3v) is 9.85. The fourth-order valence-corrected chi connectivity index (χ4v) is 8.18. The Bertz CT molecular complexity index is 657. The molecular weight excluding hydrogens is 351 g/mol. The lowest BCUT2D eigenvalue weighted by Crippen LogP contribution is -2.66. The summed E-state index contributed by atoms with van der Waals surface area (Å²) in [6, 6.07) is 21.3. The van der Waals surface area contributed by atoms with Crippen LogP contribution in [-0.4, -0.2) is 32.1 Å². The molecule has 0 spiro atoms. The summed E-state index contributed by atoms with van der Waals surface area (Å²) in [5.41, 5.74) is 0. The van der Waals surface area contributed by atoms with Crippen molar-refractivity contribution in [2.45, 2.75) is 45.1 Å². The summed E-state index contributed by atoms with van der Waals surface area (Å²) in [7, 11) is -3.80. The number of hydrogen-bond donors (Lipinski definition) is 2. The van der Waals surface area contributed by atoms with Gasteiger partial charge >= 0.3 is 7.12 Å². The van der Waals surface area contributed by atoms with E-state index in [0.717, 1.165) is 19.3 Å². The van der Waals surface area contributed by atoms with Crippen LogP contribution in [0.3, 0.4) is 0 Å². The average molecular weight is 382 g/mol. The van der Waals surface area contributed by atoms with E-state index in [1.807, 2.05) is 6.08 Å². The molecule has 27 heavy (non-hydrogen) atoms. The Kier molecular flexibility index (Phi) is 8.05. The Hall–Kier alpha value is -1.66. The van der Waals surface area contributed by atoms with Crippen molar-refractivity contribution in [3.8, 4) is 0 Å². The highest BCUT2D eigenvalue weighted by Crippen LogP contribution is 2.36. The van der Waals surface area contributed by atoms with Gasteiger partial charge in [-0.1, -0.05) is 93.5 Å². The first-order valence-electron chi connectivity index (χ1n) is 9.66. The minimum Gasteiger partial charge on any atom is -0.424 e. The van der Waals surface area contributed by atoms with Crippen LogP contribution in [0.5, 0.6) is 0 Å². The van der Waals surface area contributed by atoms with Gasteiger partial charge < -0.3 is 14.5 Å². The van der Waals surface area contributed by atoms with Crippen LogP contribution in [0.25, 0.3) is 0 Å². The second-order valence-corrected chi connectivity index (χ2v) is 12.2. The monoisotopic (exact) mass is 382 g/mol. The Morgan fingerprint density at radius 2 is 1.41 bits per heavy atom. The highest BCUT2D eigenvalue weighted by atomic mass is 28.4. The van der Waals surface area contributed by atoms with Gasteiger partial charge in [0.15, 0.2) is 0 Å². The van der Waals surface area contributed by atoms with Crippen LogP contribution in [0.15, 0.2) is 72.7 Å². The molecule has 0 aromatic heterocycles. The third-order valence-electron chi connectivity index (χ3n) is 4.81. The smallest absolute Gasteiger partial charge is 0.424 e. The van der Waals surface area contributed by atoms with Gasteiger partial charge in [-0.15, -0.1) is 0 Å². The van der Waals surface area contributed by atoms with Crippen LogP contribution in [0.4, 0.5) is 0 Å². The zero-order chi connectivity index (χ0) is 19.8. The molecule has 0 aliphatic heterocycles. The number of benzene rings is 2. The van der Waals surface area contributed by atoms with Gasteiger partial charge in [-0.05, 0) is 34.7 Å². The van der Waals surface area contributed by atoms with Crippen LogP contribution in [0.1, 0.15) is 40.0 Å². The number of allylic oxidation sites excluding steroid dienone is 1. The molecule has 3 nitrogen and oxygen atoms in total. The molecule has 2 N–H and O–H groups in total. The predicted octanol–water partition coefficient (Wildman–Crippen LogP) is 3.30.